The van der Waals surface area contributed by atoms with Crippen LogP contribution < -0.4 is 5.73 Å². The van der Waals surface area contributed by atoms with Crippen LogP contribution in [0.5, 0.6) is 0 Å². The average Bonchev–Trinajstić information content (AvgIpc) is 3.48. The number of hydrogen-bond acceptors (Lipinski definition) is 5. The predicted octanol–water partition coefficient (Wildman–Crippen LogP) is 6.42. The zero-order chi connectivity index (χ0) is 25.4. The molecule has 6 nitrogen and oxygen atoms in total. The van der Waals surface area contributed by atoms with Gasteiger partial charge >= 0.3 is 0 Å². The molecule has 37 heavy (non-hydrogen) atoms. The second kappa shape index (κ2) is 9.94. The van der Waals surface area contributed by atoms with Gasteiger partial charge in [-0.1, -0.05) is 48.6 Å². The van der Waals surface area contributed by atoms with Gasteiger partial charge in [0.2, 0.25) is 0 Å². The third-order valence-electron chi connectivity index (χ3n) is 7.72. The fourth-order valence-electron chi connectivity index (χ4n) is 5.99. The molecule has 2 unspecified atom stereocenters. The second-order valence-electron chi connectivity index (χ2n) is 10.6. The highest BCUT2D eigenvalue weighted by Crippen LogP contribution is 2.41. The van der Waals surface area contributed by atoms with E-state index in [1.54, 1.807) is 6.33 Å². The van der Waals surface area contributed by atoms with Gasteiger partial charge in [0.05, 0.1) is 16.6 Å². The third-order valence-corrected chi connectivity index (χ3v) is 7.72. The number of rotatable bonds is 5. The minimum atomic E-state index is 0.425. The zero-order valence-corrected chi connectivity index (χ0v) is 21.6. The van der Waals surface area contributed by atoms with E-state index in [1.807, 2.05) is 0 Å². The largest absolute Gasteiger partial charge is 0.383 e. The minimum absolute atomic E-state index is 0.425. The summed E-state index contributed by atoms with van der Waals surface area (Å²) in [6, 6.07) is 11.2. The van der Waals surface area contributed by atoms with Crippen LogP contribution in [0, 0.1) is 5.92 Å². The number of hydrogen-bond donors (Lipinski definition) is 1. The molecule has 0 amide bonds. The Morgan fingerprint density at radius 3 is 2.81 bits per heavy atom. The van der Waals surface area contributed by atoms with Gasteiger partial charge in [0.1, 0.15) is 17.8 Å². The number of nitrogens with two attached hydrogens (primary N) is 1. The monoisotopic (exact) mass is 490 g/mol. The van der Waals surface area contributed by atoms with Crippen LogP contribution >= 0.6 is 0 Å². The molecule has 0 bridgehead atoms. The summed E-state index contributed by atoms with van der Waals surface area (Å²) in [5.41, 5.74) is 12.8. The topological polar surface area (TPSA) is 72.9 Å². The molecule has 2 aliphatic rings. The molecular weight excluding hydrogens is 456 g/mol. The van der Waals surface area contributed by atoms with E-state index in [-0.39, 0.29) is 0 Å². The number of aromatic nitrogens is 4. The second-order valence-corrected chi connectivity index (χ2v) is 10.6. The quantitative estimate of drug-likeness (QED) is 0.349. The highest BCUT2D eigenvalue weighted by Gasteiger charge is 2.29. The molecule has 1 saturated carbocycles. The summed E-state index contributed by atoms with van der Waals surface area (Å²) < 4.78 is 2.35. The first-order chi connectivity index (χ1) is 18.1. The highest BCUT2D eigenvalue weighted by atomic mass is 15.1. The van der Waals surface area contributed by atoms with Crippen molar-refractivity contribution in [1.29, 1.82) is 0 Å². The molecule has 4 aromatic rings. The maximum Gasteiger partial charge on any atom is 0.146 e. The number of fused-ring (bicyclic) bond motifs is 2. The van der Waals surface area contributed by atoms with E-state index < -0.39 is 0 Å². The van der Waals surface area contributed by atoms with E-state index >= 15 is 0 Å². The molecule has 0 spiro atoms. The zero-order valence-electron chi connectivity index (χ0n) is 21.6. The van der Waals surface area contributed by atoms with Crippen LogP contribution in [0.3, 0.4) is 0 Å². The van der Waals surface area contributed by atoms with Crippen molar-refractivity contribution < 1.29 is 0 Å². The molecule has 3 aromatic heterocycles. The number of allylic oxidation sites excluding steroid dienone is 6. The van der Waals surface area contributed by atoms with Gasteiger partial charge < -0.3 is 15.2 Å². The maximum absolute atomic E-state index is 6.46. The molecule has 2 aliphatic carbocycles. The van der Waals surface area contributed by atoms with Crippen LogP contribution in [0.2, 0.25) is 0 Å². The summed E-state index contributed by atoms with van der Waals surface area (Å²) in [4.78, 5) is 16.4. The van der Waals surface area contributed by atoms with Crippen molar-refractivity contribution in [2.45, 2.75) is 38.1 Å². The van der Waals surface area contributed by atoms with Crippen molar-refractivity contribution in [3.63, 3.8) is 0 Å². The summed E-state index contributed by atoms with van der Waals surface area (Å²) >= 11 is 0. The fourth-order valence-corrected chi connectivity index (χ4v) is 5.99. The SMILES string of the molecule is CN(C)CC1CCC(n2cc(-c3ccc4ccc(/C5=C/CC=C/C=C\C5)nc4c3)c3c(N)ncnc32)C1. The van der Waals surface area contributed by atoms with Gasteiger partial charge in [-0.15, -0.1) is 0 Å². The summed E-state index contributed by atoms with van der Waals surface area (Å²) in [6.07, 6.45) is 20.1. The molecule has 0 radical (unpaired) electrons. The van der Waals surface area contributed by atoms with Crippen molar-refractivity contribution in [2.24, 2.45) is 5.92 Å². The molecule has 6 heteroatoms. The summed E-state index contributed by atoms with van der Waals surface area (Å²) in [5, 5.41) is 2.07. The van der Waals surface area contributed by atoms with Crippen LogP contribution in [-0.4, -0.2) is 45.1 Å². The normalized spacial score (nSPS) is 22.3. The predicted molar refractivity (Wildman–Crippen MR) is 153 cm³/mol. The molecule has 6 rings (SSSR count). The molecule has 1 aromatic carbocycles. The van der Waals surface area contributed by atoms with Gasteiger partial charge in [-0.05, 0) is 75.4 Å². The summed E-state index contributed by atoms with van der Waals surface area (Å²) in [7, 11) is 4.32. The number of nitrogens with zero attached hydrogens (tertiary/aromatic N) is 5. The third kappa shape index (κ3) is 4.69. The molecule has 0 saturated heterocycles. The summed E-state index contributed by atoms with van der Waals surface area (Å²) in [6.45, 7) is 1.13. The number of nitrogen functional groups attached to an aromatic ring is 1. The van der Waals surface area contributed by atoms with E-state index in [9.17, 15) is 0 Å². The molecule has 1 fully saturated rings. The maximum atomic E-state index is 6.46. The number of anilines is 1. The summed E-state index contributed by atoms with van der Waals surface area (Å²) in [5.74, 6) is 1.24. The molecule has 2 N–H and O–H groups in total. The first-order valence-corrected chi connectivity index (χ1v) is 13.2. The van der Waals surface area contributed by atoms with Crippen LogP contribution in [0.15, 0.2) is 73.2 Å². The van der Waals surface area contributed by atoms with Gasteiger partial charge in [-0.25, -0.2) is 15.0 Å². The van der Waals surface area contributed by atoms with E-state index in [0.717, 1.165) is 71.0 Å². The van der Waals surface area contributed by atoms with E-state index in [1.165, 1.54) is 12.0 Å². The van der Waals surface area contributed by atoms with Crippen LogP contribution in [0.4, 0.5) is 5.82 Å². The Bertz CT molecular complexity index is 1540. The number of benzene rings is 1. The van der Waals surface area contributed by atoms with E-state index in [4.69, 9.17) is 15.7 Å². The lowest BCUT2D eigenvalue weighted by Crippen LogP contribution is -2.20. The Morgan fingerprint density at radius 1 is 1.05 bits per heavy atom. The Labute approximate surface area is 218 Å². The van der Waals surface area contributed by atoms with Crippen molar-refractivity contribution in [3.05, 3.63) is 78.9 Å². The smallest absolute Gasteiger partial charge is 0.146 e. The molecule has 0 aliphatic heterocycles. The van der Waals surface area contributed by atoms with E-state index in [2.05, 4.69) is 95.5 Å². The molecule has 188 valence electrons. The van der Waals surface area contributed by atoms with Crippen molar-refractivity contribution >= 4 is 33.3 Å². The van der Waals surface area contributed by atoms with Gasteiger partial charge in [0.15, 0.2) is 0 Å². The Kier molecular flexibility index (Phi) is 6.35. The Hall–Kier alpha value is -3.77. The Balaban J connectivity index is 1.41. The lowest BCUT2D eigenvalue weighted by Gasteiger charge is -2.17. The van der Waals surface area contributed by atoms with Crippen molar-refractivity contribution in [1.82, 2.24) is 24.4 Å². The lowest BCUT2D eigenvalue weighted by atomic mass is 10.0. The Morgan fingerprint density at radius 2 is 1.92 bits per heavy atom. The van der Waals surface area contributed by atoms with Crippen LogP contribution in [0.1, 0.15) is 43.8 Å². The standard InChI is InChI=1S/C31H34N6/c1-36(2)18-21-10-14-25(16-21)37-19-26(29-30(32)33-20-34-31(29)37)24-12-11-23-13-15-27(35-28(23)17-24)22-8-6-4-3-5-7-9-22/h3-6,9,11-13,15,17,19-21,25H,7-8,10,14,16,18H2,1-2H3,(H2,32,33,34)/b5-3?,6-4-,22-9+. The fraction of sp³-hybridized carbons (Fsp3) is 0.323. The van der Waals surface area contributed by atoms with Crippen molar-refractivity contribution in [2.75, 3.05) is 26.4 Å². The van der Waals surface area contributed by atoms with Crippen LogP contribution in [-0.2, 0) is 0 Å². The average molecular weight is 491 g/mol. The molecule has 3 heterocycles. The first kappa shape index (κ1) is 23.6. The molecule has 2 atom stereocenters. The van der Waals surface area contributed by atoms with Gasteiger partial charge in [-0.2, -0.15) is 0 Å². The lowest BCUT2D eigenvalue weighted by molar-refractivity contribution is 0.322. The van der Waals surface area contributed by atoms with Gasteiger partial charge in [0.25, 0.3) is 0 Å². The highest BCUT2D eigenvalue weighted by molar-refractivity contribution is 6.02. The minimum Gasteiger partial charge on any atom is -0.383 e. The van der Waals surface area contributed by atoms with Gasteiger partial charge in [0, 0.05) is 29.7 Å². The van der Waals surface area contributed by atoms with Crippen LogP contribution in [0.25, 0.3) is 38.6 Å². The van der Waals surface area contributed by atoms with Crippen molar-refractivity contribution in [3.8, 4) is 11.1 Å². The molecular formula is C31H34N6. The first-order valence-electron chi connectivity index (χ1n) is 13.2. The van der Waals surface area contributed by atoms with E-state index in [0.29, 0.717) is 17.8 Å². The van der Waals surface area contributed by atoms with Gasteiger partial charge in [-0.3, -0.25) is 0 Å². The number of pyridine rings is 1.